The van der Waals surface area contributed by atoms with Crippen molar-refractivity contribution in [1.82, 2.24) is 9.88 Å². The molecule has 0 radical (unpaired) electrons. The van der Waals surface area contributed by atoms with Crippen molar-refractivity contribution in [2.45, 2.75) is 32.4 Å². The van der Waals surface area contributed by atoms with Crippen molar-refractivity contribution < 1.29 is 4.74 Å². The molecular formula is C25H29N3O. The SMILES string of the molecule is CC(C)c1ccc(Nc2ccc(CN3CCO[C@@H](c4ccccc4)C3)cn2)cc1. The van der Waals surface area contributed by atoms with E-state index in [0.717, 1.165) is 37.7 Å². The molecule has 4 nitrogen and oxygen atoms in total. The first kappa shape index (κ1) is 19.6. The number of ether oxygens (including phenoxy) is 1. The third kappa shape index (κ3) is 5.22. The molecule has 4 rings (SSSR count). The summed E-state index contributed by atoms with van der Waals surface area (Å²) in [5.41, 5.74) is 4.88. The Morgan fingerprint density at radius 1 is 1.03 bits per heavy atom. The van der Waals surface area contributed by atoms with Gasteiger partial charge in [0.25, 0.3) is 0 Å². The van der Waals surface area contributed by atoms with Crippen LogP contribution in [0.15, 0.2) is 72.9 Å². The van der Waals surface area contributed by atoms with E-state index in [1.165, 1.54) is 16.7 Å². The average Bonchev–Trinajstić information content (AvgIpc) is 2.76. The lowest BCUT2D eigenvalue weighted by Crippen LogP contribution is -2.37. The third-order valence-corrected chi connectivity index (χ3v) is 5.40. The molecule has 0 amide bonds. The van der Waals surface area contributed by atoms with Crippen LogP contribution in [0.1, 0.15) is 42.6 Å². The van der Waals surface area contributed by atoms with Crippen molar-refractivity contribution in [3.05, 3.63) is 89.6 Å². The monoisotopic (exact) mass is 387 g/mol. The van der Waals surface area contributed by atoms with Crippen molar-refractivity contribution in [3.63, 3.8) is 0 Å². The summed E-state index contributed by atoms with van der Waals surface area (Å²) in [5, 5.41) is 3.38. The molecule has 1 aromatic heterocycles. The number of hydrogen-bond acceptors (Lipinski definition) is 4. The van der Waals surface area contributed by atoms with Crippen molar-refractivity contribution in [3.8, 4) is 0 Å². The summed E-state index contributed by atoms with van der Waals surface area (Å²) in [5.74, 6) is 1.42. The fourth-order valence-corrected chi connectivity index (χ4v) is 3.66. The van der Waals surface area contributed by atoms with Crippen LogP contribution < -0.4 is 5.32 Å². The molecule has 2 aromatic carbocycles. The van der Waals surface area contributed by atoms with E-state index in [-0.39, 0.29) is 6.10 Å². The maximum atomic E-state index is 5.97. The van der Waals surface area contributed by atoms with E-state index in [0.29, 0.717) is 5.92 Å². The molecule has 29 heavy (non-hydrogen) atoms. The average molecular weight is 388 g/mol. The first-order valence-electron chi connectivity index (χ1n) is 10.4. The van der Waals surface area contributed by atoms with Crippen molar-refractivity contribution in [2.24, 2.45) is 0 Å². The van der Waals surface area contributed by atoms with Crippen molar-refractivity contribution in [2.75, 3.05) is 25.0 Å². The smallest absolute Gasteiger partial charge is 0.130 e. The molecule has 1 N–H and O–H groups in total. The van der Waals surface area contributed by atoms with Crippen LogP contribution in [0, 0.1) is 0 Å². The van der Waals surface area contributed by atoms with Crippen LogP contribution in [0.3, 0.4) is 0 Å². The lowest BCUT2D eigenvalue weighted by Gasteiger charge is -2.33. The highest BCUT2D eigenvalue weighted by molar-refractivity contribution is 5.56. The predicted octanol–water partition coefficient (Wildman–Crippen LogP) is 5.52. The second-order valence-electron chi connectivity index (χ2n) is 7.96. The summed E-state index contributed by atoms with van der Waals surface area (Å²) in [6.45, 7) is 7.93. The number of benzene rings is 2. The Kier molecular flexibility index (Phi) is 6.23. The van der Waals surface area contributed by atoms with Gasteiger partial charge in [-0.1, -0.05) is 62.4 Å². The van der Waals surface area contributed by atoms with E-state index in [1.54, 1.807) is 0 Å². The molecule has 2 heterocycles. The van der Waals surface area contributed by atoms with Crippen LogP contribution in [0.2, 0.25) is 0 Å². The molecule has 0 bridgehead atoms. The lowest BCUT2D eigenvalue weighted by atomic mass is 10.0. The molecule has 1 saturated heterocycles. The summed E-state index contributed by atoms with van der Waals surface area (Å²) in [7, 11) is 0. The second-order valence-corrected chi connectivity index (χ2v) is 7.96. The maximum Gasteiger partial charge on any atom is 0.130 e. The van der Waals surface area contributed by atoms with Gasteiger partial charge < -0.3 is 10.1 Å². The predicted molar refractivity (Wildman–Crippen MR) is 118 cm³/mol. The first-order chi connectivity index (χ1) is 14.2. The van der Waals surface area contributed by atoms with Gasteiger partial charge in [0, 0.05) is 31.5 Å². The molecule has 0 saturated carbocycles. The number of aromatic nitrogens is 1. The molecule has 1 aliphatic heterocycles. The summed E-state index contributed by atoms with van der Waals surface area (Å²) in [4.78, 5) is 7.05. The van der Waals surface area contributed by atoms with E-state index in [4.69, 9.17) is 4.74 Å². The zero-order valence-electron chi connectivity index (χ0n) is 17.2. The quantitative estimate of drug-likeness (QED) is 0.604. The fourth-order valence-electron chi connectivity index (χ4n) is 3.66. The first-order valence-corrected chi connectivity index (χ1v) is 10.4. The topological polar surface area (TPSA) is 37.4 Å². The highest BCUT2D eigenvalue weighted by atomic mass is 16.5. The molecule has 1 atom stereocenters. The van der Waals surface area contributed by atoms with Gasteiger partial charge in [0.15, 0.2) is 0 Å². The van der Waals surface area contributed by atoms with Crippen LogP contribution in [0.5, 0.6) is 0 Å². The Labute approximate surface area is 173 Å². The molecule has 3 aromatic rings. The van der Waals surface area contributed by atoms with Gasteiger partial charge in [-0.2, -0.15) is 0 Å². The molecule has 0 unspecified atom stereocenters. The number of morpholine rings is 1. The van der Waals surface area contributed by atoms with E-state index < -0.39 is 0 Å². The van der Waals surface area contributed by atoms with Crippen LogP contribution in [0.4, 0.5) is 11.5 Å². The summed E-state index contributed by atoms with van der Waals surface area (Å²) >= 11 is 0. The minimum absolute atomic E-state index is 0.146. The summed E-state index contributed by atoms with van der Waals surface area (Å²) in [6, 6.07) is 23.3. The Balaban J connectivity index is 1.34. The number of anilines is 2. The Hall–Kier alpha value is -2.69. The van der Waals surface area contributed by atoms with Crippen molar-refractivity contribution in [1.29, 1.82) is 0 Å². The maximum absolute atomic E-state index is 5.97. The zero-order chi connectivity index (χ0) is 20.1. The molecular weight excluding hydrogens is 358 g/mol. The van der Waals surface area contributed by atoms with Gasteiger partial charge in [-0.15, -0.1) is 0 Å². The third-order valence-electron chi connectivity index (χ3n) is 5.40. The largest absolute Gasteiger partial charge is 0.371 e. The normalized spacial score (nSPS) is 17.4. The highest BCUT2D eigenvalue weighted by Crippen LogP contribution is 2.24. The Bertz CT molecular complexity index is 892. The minimum atomic E-state index is 0.146. The fraction of sp³-hybridized carbons (Fsp3) is 0.320. The van der Waals surface area contributed by atoms with Gasteiger partial charge in [0.05, 0.1) is 12.7 Å². The van der Waals surface area contributed by atoms with E-state index >= 15 is 0 Å². The van der Waals surface area contributed by atoms with Gasteiger partial charge in [0.2, 0.25) is 0 Å². The van der Waals surface area contributed by atoms with Crippen LogP contribution in [-0.4, -0.2) is 29.6 Å². The number of rotatable bonds is 6. The second kappa shape index (κ2) is 9.21. The number of hydrogen-bond donors (Lipinski definition) is 1. The lowest BCUT2D eigenvalue weighted by molar-refractivity contribution is -0.0329. The van der Waals surface area contributed by atoms with Gasteiger partial charge >= 0.3 is 0 Å². The number of nitrogens with zero attached hydrogens (tertiary/aromatic N) is 2. The van der Waals surface area contributed by atoms with Crippen LogP contribution >= 0.6 is 0 Å². The van der Waals surface area contributed by atoms with Gasteiger partial charge in [0.1, 0.15) is 5.82 Å². The van der Waals surface area contributed by atoms with E-state index in [1.807, 2.05) is 12.3 Å². The molecule has 0 spiro atoms. The summed E-state index contributed by atoms with van der Waals surface area (Å²) in [6.07, 6.45) is 2.12. The van der Waals surface area contributed by atoms with E-state index in [2.05, 4.69) is 89.7 Å². The summed E-state index contributed by atoms with van der Waals surface area (Å²) < 4.78 is 5.97. The van der Waals surface area contributed by atoms with Crippen molar-refractivity contribution >= 4 is 11.5 Å². The molecule has 150 valence electrons. The molecule has 4 heteroatoms. The number of nitrogens with one attached hydrogen (secondary N) is 1. The zero-order valence-corrected chi connectivity index (χ0v) is 17.2. The van der Waals surface area contributed by atoms with Crippen LogP contribution in [-0.2, 0) is 11.3 Å². The molecule has 0 aliphatic carbocycles. The highest BCUT2D eigenvalue weighted by Gasteiger charge is 2.21. The van der Waals surface area contributed by atoms with Gasteiger partial charge in [-0.05, 0) is 40.8 Å². The van der Waals surface area contributed by atoms with Gasteiger partial charge in [-0.25, -0.2) is 4.98 Å². The van der Waals surface area contributed by atoms with E-state index in [9.17, 15) is 0 Å². The standard InChI is InChI=1S/C25H29N3O/c1-19(2)21-9-11-23(12-10-21)27-25-13-8-20(16-26-25)17-28-14-15-29-24(18-28)22-6-4-3-5-7-22/h3-13,16,19,24H,14-15,17-18H2,1-2H3,(H,26,27)/t24-/m1/s1. The molecule has 1 fully saturated rings. The minimum Gasteiger partial charge on any atom is -0.371 e. The molecule has 1 aliphatic rings. The Morgan fingerprint density at radius 2 is 1.83 bits per heavy atom. The van der Waals surface area contributed by atoms with Crippen LogP contribution in [0.25, 0.3) is 0 Å². The van der Waals surface area contributed by atoms with Gasteiger partial charge in [-0.3, -0.25) is 4.90 Å². The Morgan fingerprint density at radius 3 is 2.52 bits per heavy atom. The number of pyridine rings is 1.